The minimum atomic E-state index is -1.21. The van der Waals surface area contributed by atoms with Gasteiger partial charge in [-0.25, -0.2) is 8.78 Å². The minimum Gasteiger partial charge on any atom is -0.396 e. The summed E-state index contributed by atoms with van der Waals surface area (Å²) in [5.74, 6) is -4.83. The van der Waals surface area contributed by atoms with E-state index in [1.165, 1.54) is 6.92 Å². The van der Waals surface area contributed by atoms with E-state index in [9.17, 15) is 23.2 Å². The Morgan fingerprint density at radius 3 is 2.70 bits per heavy atom. The van der Waals surface area contributed by atoms with Crippen LogP contribution in [0.3, 0.4) is 0 Å². The Morgan fingerprint density at radius 2 is 2.05 bits per heavy atom. The SMILES string of the molecule is CC1C(=O)NC(=O)CN1C(=O)c1c(F)ccc(N)c1F. The molecule has 1 fully saturated rings. The maximum absolute atomic E-state index is 13.8. The van der Waals surface area contributed by atoms with Crippen molar-refractivity contribution in [3.63, 3.8) is 0 Å². The van der Waals surface area contributed by atoms with Gasteiger partial charge in [-0.15, -0.1) is 0 Å². The van der Waals surface area contributed by atoms with Crippen LogP contribution in [0.5, 0.6) is 0 Å². The fourth-order valence-corrected chi connectivity index (χ4v) is 1.87. The summed E-state index contributed by atoms with van der Waals surface area (Å²) in [6, 6.07) is 0.821. The Balaban J connectivity index is 2.43. The second-order valence-corrected chi connectivity index (χ2v) is 4.35. The molecule has 6 nitrogen and oxygen atoms in total. The molecule has 1 unspecified atom stereocenters. The molecule has 106 valence electrons. The minimum absolute atomic E-state index is 0.393. The number of anilines is 1. The summed E-state index contributed by atoms with van der Waals surface area (Å²) < 4.78 is 27.4. The maximum atomic E-state index is 13.8. The third-order valence-electron chi connectivity index (χ3n) is 3.02. The Hall–Kier alpha value is -2.51. The molecule has 8 heteroatoms. The molecule has 0 aromatic heterocycles. The zero-order valence-electron chi connectivity index (χ0n) is 10.4. The number of carbonyl (C=O) groups is 3. The smallest absolute Gasteiger partial charge is 0.261 e. The molecule has 1 saturated heterocycles. The summed E-state index contributed by atoms with van der Waals surface area (Å²) in [5.41, 5.74) is 4.02. The summed E-state index contributed by atoms with van der Waals surface area (Å²) in [6.07, 6.45) is 0. The van der Waals surface area contributed by atoms with Crippen LogP contribution in [0.15, 0.2) is 12.1 Å². The van der Waals surface area contributed by atoms with Crippen molar-refractivity contribution in [2.75, 3.05) is 12.3 Å². The van der Waals surface area contributed by atoms with Gasteiger partial charge in [0.15, 0.2) is 5.82 Å². The van der Waals surface area contributed by atoms with Gasteiger partial charge in [0.05, 0.1) is 5.69 Å². The first-order valence-electron chi connectivity index (χ1n) is 5.71. The largest absolute Gasteiger partial charge is 0.396 e. The molecule has 20 heavy (non-hydrogen) atoms. The molecule has 2 rings (SSSR count). The summed E-state index contributed by atoms with van der Waals surface area (Å²) in [6.45, 7) is 0.890. The van der Waals surface area contributed by atoms with Crippen LogP contribution in [0, 0.1) is 11.6 Å². The van der Waals surface area contributed by atoms with E-state index in [-0.39, 0.29) is 0 Å². The lowest BCUT2D eigenvalue weighted by molar-refractivity contribution is -0.138. The first kappa shape index (κ1) is 13.9. The van der Waals surface area contributed by atoms with Gasteiger partial charge < -0.3 is 10.6 Å². The van der Waals surface area contributed by atoms with Crippen LogP contribution in [0.4, 0.5) is 14.5 Å². The van der Waals surface area contributed by atoms with Crippen molar-refractivity contribution in [3.05, 3.63) is 29.3 Å². The molecule has 3 N–H and O–H groups in total. The number of imide groups is 1. The van der Waals surface area contributed by atoms with Crippen LogP contribution < -0.4 is 11.1 Å². The van der Waals surface area contributed by atoms with Crippen molar-refractivity contribution < 1.29 is 23.2 Å². The average molecular weight is 283 g/mol. The number of hydrogen-bond acceptors (Lipinski definition) is 4. The van der Waals surface area contributed by atoms with Crippen molar-refractivity contribution in [2.45, 2.75) is 13.0 Å². The highest BCUT2D eigenvalue weighted by atomic mass is 19.1. The van der Waals surface area contributed by atoms with E-state index in [0.717, 1.165) is 17.0 Å². The van der Waals surface area contributed by atoms with Crippen molar-refractivity contribution in [1.29, 1.82) is 0 Å². The van der Waals surface area contributed by atoms with Crippen LogP contribution in [0.25, 0.3) is 0 Å². The van der Waals surface area contributed by atoms with Gasteiger partial charge in [-0.05, 0) is 19.1 Å². The molecular weight excluding hydrogens is 272 g/mol. The predicted octanol–water partition coefficient (Wildman–Crippen LogP) is 0.0341. The number of amides is 3. The fourth-order valence-electron chi connectivity index (χ4n) is 1.87. The zero-order valence-corrected chi connectivity index (χ0v) is 10.4. The fraction of sp³-hybridized carbons (Fsp3) is 0.250. The number of hydrogen-bond donors (Lipinski definition) is 2. The third kappa shape index (κ3) is 2.20. The molecule has 0 aliphatic carbocycles. The Kier molecular flexibility index (Phi) is 3.39. The molecule has 1 aliphatic heterocycles. The van der Waals surface area contributed by atoms with Crippen molar-refractivity contribution in [1.82, 2.24) is 10.2 Å². The second-order valence-electron chi connectivity index (χ2n) is 4.35. The summed E-state index contributed by atoms with van der Waals surface area (Å²) in [7, 11) is 0. The van der Waals surface area contributed by atoms with E-state index >= 15 is 0 Å². The maximum Gasteiger partial charge on any atom is 0.261 e. The molecule has 0 spiro atoms. The van der Waals surface area contributed by atoms with E-state index in [1.807, 2.05) is 5.32 Å². The number of nitrogens with two attached hydrogens (primary N) is 1. The lowest BCUT2D eigenvalue weighted by Crippen LogP contribution is -2.58. The van der Waals surface area contributed by atoms with Crippen LogP contribution >= 0.6 is 0 Å². The molecule has 1 heterocycles. The second kappa shape index (κ2) is 4.87. The Bertz CT molecular complexity index is 618. The Morgan fingerprint density at radius 1 is 1.40 bits per heavy atom. The highest BCUT2D eigenvalue weighted by Gasteiger charge is 2.36. The molecule has 3 amide bonds. The van der Waals surface area contributed by atoms with Crippen LogP contribution in [-0.4, -0.2) is 35.2 Å². The van der Waals surface area contributed by atoms with Gasteiger partial charge in [-0.3, -0.25) is 19.7 Å². The van der Waals surface area contributed by atoms with Gasteiger partial charge in [0.1, 0.15) is 24.0 Å². The number of nitrogens with zero attached hydrogens (tertiary/aromatic N) is 1. The van der Waals surface area contributed by atoms with Gasteiger partial charge in [0.2, 0.25) is 11.8 Å². The van der Waals surface area contributed by atoms with Crippen molar-refractivity contribution in [3.8, 4) is 0 Å². The number of rotatable bonds is 1. The normalized spacial score (nSPS) is 18.9. The van der Waals surface area contributed by atoms with Crippen LogP contribution in [0.1, 0.15) is 17.3 Å². The van der Waals surface area contributed by atoms with Crippen molar-refractivity contribution >= 4 is 23.4 Å². The molecule has 0 radical (unpaired) electrons. The molecule has 1 aromatic rings. The highest BCUT2D eigenvalue weighted by Crippen LogP contribution is 2.21. The van der Waals surface area contributed by atoms with Crippen LogP contribution in [-0.2, 0) is 9.59 Å². The number of nitrogens with one attached hydrogen (secondary N) is 1. The van der Waals surface area contributed by atoms with Gasteiger partial charge in [0, 0.05) is 0 Å². The van der Waals surface area contributed by atoms with Crippen LogP contribution in [0.2, 0.25) is 0 Å². The van der Waals surface area contributed by atoms with E-state index in [2.05, 4.69) is 0 Å². The molecule has 0 bridgehead atoms. The average Bonchev–Trinajstić information content (AvgIpc) is 2.38. The van der Waals surface area contributed by atoms with Gasteiger partial charge in [-0.2, -0.15) is 0 Å². The topological polar surface area (TPSA) is 92.5 Å². The lowest BCUT2D eigenvalue weighted by Gasteiger charge is -2.31. The monoisotopic (exact) mass is 283 g/mol. The number of piperazine rings is 1. The first-order chi connectivity index (χ1) is 9.32. The number of halogens is 2. The van der Waals surface area contributed by atoms with Gasteiger partial charge in [0.25, 0.3) is 5.91 Å². The van der Waals surface area contributed by atoms with E-state index in [4.69, 9.17) is 5.73 Å². The Labute approximate surface area is 112 Å². The van der Waals surface area contributed by atoms with Gasteiger partial charge >= 0.3 is 0 Å². The molecular formula is C12H11F2N3O3. The van der Waals surface area contributed by atoms with Gasteiger partial charge in [-0.1, -0.05) is 0 Å². The number of carbonyl (C=O) groups excluding carboxylic acids is 3. The zero-order chi connectivity index (χ0) is 15.0. The number of nitrogen functional groups attached to an aromatic ring is 1. The molecule has 1 aromatic carbocycles. The predicted molar refractivity (Wildman–Crippen MR) is 64.4 cm³/mol. The van der Waals surface area contributed by atoms with E-state index in [0.29, 0.717) is 0 Å². The molecule has 0 saturated carbocycles. The summed E-state index contributed by atoms with van der Waals surface area (Å²) in [4.78, 5) is 35.7. The molecule has 1 atom stereocenters. The third-order valence-corrected chi connectivity index (χ3v) is 3.02. The standard InChI is InChI=1S/C12H11F2N3O3/c1-5-11(19)16-8(18)4-17(5)12(20)9-6(13)2-3-7(15)10(9)14/h2-3,5H,4,15H2,1H3,(H,16,18,19). The lowest BCUT2D eigenvalue weighted by atomic mass is 10.1. The van der Waals surface area contributed by atoms with E-state index in [1.54, 1.807) is 0 Å². The molecule has 1 aliphatic rings. The summed E-state index contributed by atoms with van der Waals surface area (Å²) in [5, 5.41) is 2.02. The van der Waals surface area contributed by atoms with Crippen molar-refractivity contribution in [2.24, 2.45) is 0 Å². The quantitative estimate of drug-likeness (QED) is 0.562. The van der Waals surface area contributed by atoms with E-state index < -0.39 is 53.2 Å². The summed E-state index contributed by atoms with van der Waals surface area (Å²) >= 11 is 0. The number of benzene rings is 1. The first-order valence-corrected chi connectivity index (χ1v) is 5.71. The highest BCUT2D eigenvalue weighted by molar-refractivity contribution is 6.07.